The summed E-state index contributed by atoms with van der Waals surface area (Å²) in [6, 6.07) is 0.0450. The molecule has 6 heteroatoms. The van der Waals surface area contributed by atoms with Crippen molar-refractivity contribution < 1.29 is 19.4 Å². The van der Waals surface area contributed by atoms with Gasteiger partial charge in [-0.05, 0) is 52.4 Å². The van der Waals surface area contributed by atoms with E-state index in [1.54, 1.807) is 11.8 Å². The molecule has 1 saturated heterocycles. The average molecular weight is 298 g/mol. The van der Waals surface area contributed by atoms with Gasteiger partial charge in [-0.3, -0.25) is 4.79 Å². The quantitative estimate of drug-likeness (QED) is 0.826. The molecular weight excluding hydrogens is 272 g/mol. The maximum absolute atomic E-state index is 12.1. The minimum Gasteiger partial charge on any atom is -0.481 e. The zero-order valence-electron chi connectivity index (χ0n) is 13.1. The Labute approximate surface area is 125 Å². The first-order chi connectivity index (χ1) is 9.61. The number of ether oxygens (including phenoxy) is 1. The lowest BCUT2D eigenvalue weighted by molar-refractivity contribution is -0.158. The SMILES string of the molecule is CC(C)(CC1CC(C)(C(=O)O)C1)OC(=O)N1CC[C@H](N)C1. The molecule has 1 heterocycles. The van der Waals surface area contributed by atoms with E-state index >= 15 is 0 Å². The van der Waals surface area contributed by atoms with Gasteiger partial charge in [-0.2, -0.15) is 0 Å². The molecule has 0 aromatic carbocycles. The summed E-state index contributed by atoms with van der Waals surface area (Å²) in [5, 5.41) is 9.12. The highest BCUT2D eigenvalue weighted by Crippen LogP contribution is 2.49. The zero-order chi connectivity index (χ0) is 15.8. The van der Waals surface area contributed by atoms with Crippen LogP contribution in [-0.2, 0) is 9.53 Å². The number of carboxylic acid groups (broad SMARTS) is 1. The van der Waals surface area contributed by atoms with Crippen molar-refractivity contribution >= 4 is 12.1 Å². The van der Waals surface area contributed by atoms with Gasteiger partial charge in [-0.1, -0.05) is 0 Å². The van der Waals surface area contributed by atoms with Crippen LogP contribution in [0.5, 0.6) is 0 Å². The molecule has 1 atom stereocenters. The minimum atomic E-state index is -0.736. The van der Waals surface area contributed by atoms with Gasteiger partial charge in [0.25, 0.3) is 0 Å². The molecule has 1 aliphatic carbocycles. The molecule has 1 aliphatic heterocycles. The Morgan fingerprint density at radius 1 is 1.43 bits per heavy atom. The van der Waals surface area contributed by atoms with Crippen molar-refractivity contribution in [2.24, 2.45) is 17.1 Å². The number of hydrogen-bond donors (Lipinski definition) is 2. The maximum Gasteiger partial charge on any atom is 0.410 e. The van der Waals surface area contributed by atoms with Crippen LogP contribution >= 0.6 is 0 Å². The lowest BCUT2D eigenvalue weighted by Gasteiger charge is -2.44. The molecule has 2 fully saturated rings. The van der Waals surface area contributed by atoms with Crippen molar-refractivity contribution in [3.8, 4) is 0 Å². The van der Waals surface area contributed by atoms with Gasteiger partial charge >= 0.3 is 12.1 Å². The van der Waals surface area contributed by atoms with Crippen molar-refractivity contribution in [1.29, 1.82) is 0 Å². The van der Waals surface area contributed by atoms with Gasteiger partial charge in [0.15, 0.2) is 0 Å². The number of rotatable bonds is 4. The number of carbonyl (C=O) groups is 2. The molecule has 0 radical (unpaired) electrons. The molecular formula is C15H26N2O4. The number of nitrogens with two attached hydrogens (primary N) is 1. The summed E-state index contributed by atoms with van der Waals surface area (Å²) >= 11 is 0. The van der Waals surface area contributed by atoms with Crippen LogP contribution in [-0.4, -0.2) is 46.8 Å². The van der Waals surface area contributed by atoms with Gasteiger partial charge in [0.2, 0.25) is 0 Å². The second-order valence-electron chi connectivity index (χ2n) is 7.47. The first-order valence-electron chi connectivity index (χ1n) is 7.58. The second kappa shape index (κ2) is 5.48. The summed E-state index contributed by atoms with van der Waals surface area (Å²) in [5.74, 6) is -0.436. The van der Waals surface area contributed by atoms with Crippen molar-refractivity contribution in [2.45, 2.75) is 58.1 Å². The number of carboxylic acids is 1. The van der Waals surface area contributed by atoms with Gasteiger partial charge in [-0.15, -0.1) is 0 Å². The summed E-state index contributed by atoms with van der Waals surface area (Å²) in [4.78, 5) is 24.8. The summed E-state index contributed by atoms with van der Waals surface area (Å²) in [6.07, 6.45) is 2.50. The summed E-state index contributed by atoms with van der Waals surface area (Å²) in [5.41, 5.74) is 4.61. The van der Waals surface area contributed by atoms with Crippen LogP contribution in [0, 0.1) is 11.3 Å². The molecule has 2 aliphatic rings. The van der Waals surface area contributed by atoms with E-state index in [2.05, 4.69) is 0 Å². The predicted octanol–water partition coefficient (Wildman–Crippen LogP) is 1.83. The van der Waals surface area contributed by atoms with Crippen molar-refractivity contribution in [2.75, 3.05) is 13.1 Å². The smallest absolute Gasteiger partial charge is 0.410 e. The maximum atomic E-state index is 12.1. The Bertz CT molecular complexity index is 429. The lowest BCUT2D eigenvalue weighted by atomic mass is 9.61. The zero-order valence-corrected chi connectivity index (χ0v) is 13.1. The Kier molecular flexibility index (Phi) is 4.19. The molecule has 3 N–H and O–H groups in total. The van der Waals surface area contributed by atoms with Crippen LogP contribution in [0.4, 0.5) is 4.79 Å². The molecule has 0 bridgehead atoms. The number of amides is 1. The number of likely N-dealkylation sites (tertiary alicyclic amines) is 1. The van der Waals surface area contributed by atoms with Gasteiger partial charge in [0, 0.05) is 19.1 Å². The monoisotopic (exact) mass is 298 g/mol. The minimum absolute atomic E-state index is 0.0450. The highest BCUT2D eigenvalue weighted by molar-refractivity contribution is 5.75. The molecule has 2 rings (SSSR count). The average Bonchev–Trinajstić information content (AvgIpc) is 2.72. The second-order valence-corrected chi connectivity index (χ2v) is 7.47. The fourth-order valence-electron chi connectivity index (χ4n) is 3.52. The summed E-state index contributed by atoms with van der Waals surface area (Å²) < 4.78 is 5.59. The molecule has 0 aromatic heterocycles. The van der Waals surface area contributed by atoms with E-state index in [1.807, 2.05) is 13.8 Å². The van der Waals surface area contributed by atoms with Crippen LogP contribution in [0.3, 0.4) is 0 Å². The van der Waals surface area contributed by atoms with Crippen molar-refractivity contribution in [3.63, 3.8) is 0 Å². The lowest BCUT2D eigenvalue weighted by Crippen LogP contribution is -2.45. The molecule has 0 unspecified atom stereocenters. The molecule has 21 heavy (non-hydrogen) atoms. The van der Waals surface area contributed by atoms with E-state index in [0.717, 1.165) is 6.42 Å². The highest BCUT2D eigenvalue weighted by Gasteiger charge is 2.48. The summed E-state index contributed by atoms with van der Waals surface area (Å²) in [7, 11) is 0. The molecule has 120 valence electrons. The Morgan fingerprint density at radius 2 is 2.05 bits per heavy atom. The largest absolute Gasteiger partial charge is 0.481 e. The number of carbonyl (C=O) groups excluding carboxylic acids is 1. The van der Waals surface area contributed by atoms with Gasteiger partial charge in [-0.25, -0.2) is 4.79 Å². The fourth-order valence-corrected chi connectivity index (χ4v) is 3.52. The Balaban J connectivity index is 1.80. The Morgan fingerprint density at radius 3 is 2.52 bits per heavy atom. The van der Waals surface area contributed by atoms with Crippen LogP contribution in [0.2, 0.25) is 0 Å². The number of aliphatic carboxylic acids is 1. The van der Waals surface area contributed by atoms with Crippen LogP contribution in [0.1, 0.15) is 46.5 Å². The topological polar surface area (TPSA) is 92.9 Å². The van der Waals surface area contributed by atoms with E-state index < -0.39 is 17.0 Å². The van der Waals surface area contributed by atoms with Crippen LogP contribution < -0.4 is 5.73 Å². The van der Waals surface area contributed by atoms with E-state index in [1.165, 1.54) is 0 Å². The molecule has 1 amide bonds. The van der Waals surface area contributed by atoms with Crippen LogP contribution in [0.15, 0.2) is 0 Å². The predicted molar refractivity (Wildman–Crippen MR) is 77.8 cm³/mol. The Hall–Kier alpha value is -1.30. The number of hydrogen-bond acceptors (Lipinski definition) is 4. The fraction of sp³-hybridized carbons (Fsp3) is 0.867. The highest BCUT2D eigenvalue weighted by atomic mass is 16.6. The van der Waals surface area contributed by atoms with Gasteiger partial charge in [0.05, 0.1) is 5.41 Å². The standard InChI is InChI=1S/C15H26N2O4/c1-14(2,6-10-7-15(3,8-10)12(18)19)21-13(20)17-5-4-11(16)9-17/h10-11H,4-9,16H2,1-3H3,(H,18,19)/t10?,11-,15?/m0/s1. The van der Waals surface area contributed by atoms with Crippen molar-refractivity contribution in [3.05, 3.63) is 0 Å². The summed E-state index contributed by atoms with van der Waals surface area (Å²) in [6.45, 7) is 6.75. The van der Waals surface area contributed by atoms with Crippen LogP contribution in [0.25, 0.3) is 0 Å². The van der Waals surface area contributed by atoms with E-state index in [4.69, 9.17) is 15.6 Å². The first kappa shape index (κ1) is 16.1. The third-order valence-electron chi connectivity index (χ3n) is 4.62. The molecule has 0 spiro atoms. The molecule has 6 nitrogen and oxygen atoms in total. The molecule has 1 saturated carbocycles. The van der Waals surface area contributed by atoms with Crippen molar-refractivity contribution in [1.82, 2.24) is 4.90 Å². The third-order valence-corrected chi connectivity index (χ3v) is 4.62. The van der Waals surface area contributed by atoms with E-state index in [0.29, 0.717) is 38.3 Å². The first-order valence-corrected chi connectivity index (χ1v) is 7.58. The van der Waals surface area contributed by atoms with Gasteiger partial charge in [0.1, 0.15) is 5.60 Å². The van der Waals surface area contributed by atoms with Gasteiger partial charge < -0.3 is 20.5 Å². The van der Waals surface area contributed by atoms with E-state index in [9.17, 15) is 9.59 Å². The third kappa shape index (κ3) is 3.67. The van der Waals surface area contributed by atoms with E-state index in [-0.39, 0.29) is 12.1 Å². The number of nitrogens with zero attached hydrogens (tertiary/aromatic N) is 1. The molecule has 0 aromatic rings. The normalized spacial score (nSPS) is 32.7.